The van der Waals surface area contributed by atoms with E-state index in [1.54, 1.807) is 4.90 Å². The number of carbonyl (C=O) groups is 7. The van der Waals surface area contributed by atoms with E-state index < -0.39 is 24.0 Å². The molecule has 0 amide bonds. The van der Waals surface area contributed by atoms with Gasteiger partial charge in [-0.05, 0) is 64.0 Å². The Kier molecular flexibility index (Phi) is 66.5. The van der Waals surface area contributed by atoms with Crippen molar-refractivity contribution in [2.24, 2.45) is 0 Å². The predicted molar refractivity (Wildman–Crippen MR) is 394 cm³/mol. The number of carboxylic acids is 2. The summed E-state index contributed by atoms with van der Waals surface area (Å²) in [6.45, 7) is 14.5. The predicted octanol–water partition coefficient (Wildman–Crippen LogP) is 18.8. The number of benzene rings is 1. The van der Waals surface area contributed by atoms with Crippen LogP contribution in [-0.4, -0.2) is 147 Å². The summed E-state index contributed by atoms with van der Waals surface area (Å²) in [6, 6.07) is 6.20. The van der Waals surface area contributed by atoms with E-state index >= 15 is 0 Å². The fraction of sp³-hybridized carbons (Fsp3) is 0.838. The Morgan fingerprint density at radius 1 is 0.371 bits per heavy atom. The molecule has 0 spiro atoms. The molecular weight excluding hydrogens is 1230 g/mol. The maximum atomic E-state index is 12.8. The standard InChI is InChI=1S/C55H104N2O10.C25H41NO4/c1-5-8-11-14-17-20-23-26-29-34-47-65-52(59)39-44-56(43-38-51(58)64-4)42-33-32-37-50(55(62)63)57(45-40-53(60)66-48-35-30-27-24-21-18-15-12-9-6-2)46-41-54(61)67-49-36-31-28-25-22-19-16-13-10-7-3;1-3-4-5-6-7-8-9-10-11-12-19-30-24(27)17-18-26-23(25(28)29)20-22-15-13-21(2)14-16-22/h50H,5-49H2,1-4H3,(H,62,63);13-16,23,26H,3-12,17-20H2,1-2H3,(H,28,29). The lowest BCUT2D eigenvalue weighted by atomic mass is 10.0. The Labute approximate surface area is 591 Å². The van der Waals surface area contributed by atoms with Crippen LogP contribution in [0, 0.1) is 6.92 Å². The summed E-state index contributed by atoms with van der Waals surface area (Å²) in [5.41, 5.74) is 2.10. The maximum Gasteiger partial charge on any atom is 0.321 e. The largest absolute Gasteiger partial charge is 0.480 e. The first-order valence-electron chi connectivity index (χ1n) is 39.6. The molecule has 3 N–H and O–H groups in total. The van der Waals surface area contributed by atoms with Gasteiger partial charge in [-0.15, -0.1) is 0 Å². The highest BCUT2D eigenvalue weighted by Crippen LogP contribution is 2.18. The zero-order valence-corrected chi connectivity index (χ0v) is 62.9. The number of carboxylic acid groups (broad SMARTS) is 2. The third-order valence-corrected chi connectivity index (χ3v) is 18.2. The normalized spacial score (nSPS) is 11.9. The van der Waals surface area contributed by atoms with E-state index in [1.807, 2.05) is 36.1 Å². The minimum Gasteiger partial charge on any atom is -0.480 e. The number of nitrogens with zero attached hydrogens (tertiary/aromatic N) is 2. The number of hydrogen-bond donors (Lipinski definition) is 3. The molecule has 0 saturated carbocycles. The first kappa shape index (κ1) is 92.4. The van der Waals surface area contributed by atoms with E-state index in [0.717, 1.165) is 81.8 Å². The summed E-state index contributed by atoms with van der Waals surface area (Å²) >= 11 is 0. The lowest BCUT2D eigenvalue weighted by Crippen LogP contribution is -2.43. The molecule has 0 fully saturated rings. The summed E-state index contributed by atoms with van der Waals surface area (Å²) in [5.74, 6) is -3.50. The van der Waals surface area contributed by atoms with Crippen molar-refractivity contribution in [2.75, 3.05) is 72.8 Å². The van der Waals surface area contributed by atoms with Crippen LogP contribution < -0.4 is 5.32 Å². The second-order valence-electron chi connectivity index (χ2n) is 27.2. The quantitative estimate of drug-likeness (QED) is 0.0313. The Morgan fingerprint density at radius 2 is 0.680 bits per heavy atom. The average molecular weight is 1370 g/mol. The molecule has 564 valence electrons. The third-order valence-electron chi connectivity index (χ3n) is 18.2. The van der Waals surface area contributed by atoms with Crippen molar-refractivity contribution in [3.8, 4) is 0 Å². The van der Waals surface area contributed by atoms with Crippen LogP contribution >= 0.6 is 0 Å². The second-order valence-corrected chi connectivity index (χ2v) is 27.2. The molecule has 1 aromatic rings. The van der Waals surface area contributed by atoms with Crippen molar-refractivity contribution in [2.45, 2.75) is 361 Å². The second kappa shape index (κ2) is 69.9. The number of ether oxygens (including phenoxy) is 5. The summed E-state index contributed by atoms with van der Waals surface area (Å²) in [5, 5.41) is 22.8. The fourth-order valence-corrected chi connectivity index (χ4v) is 11.9. The van der Waals surface area contributed by atoms with E-state index in [0.29, 0.717) is 78.3 Å². The fourth-order valence-electron chi connectivity index (χ4n) is 11.9. The van der Waals surface area contributed by atoms with Gasteiger partial charge in [0, 0.05) is 32.7 Å². The molecule has 1 rings (SSSR count). The van der Waals surface area contributed by atoms with Gasteiger partial charge >= 0.3 is 41.8 Å². The van der Waals surface area contributed by atoms with Gasteiger partial charge in [0.15, 0.2) is 0 Å². The smallest absolute Gasteiger partial charge is 0.321 e. The molecule has 0 bridgehead atoms. The van der Waals surface area contributed by atoms with Crippen molar-refractivity contribution in [3.63, 3.8) is 0 Å². The zero-order valence-electron chi connectivity index (χ0n) is 62.9. The number of esters is 5. The van der Waals surface area contributed by atoms with Crippen molar-refractivity contribution < 1.29 is 67.5 Å². The van der Waals surface area contributed by atoms with Crippen LogP contribution in [0.1, 0.15) is 347 Å². The molecule has 0 saturated heterocycles. The number of methoxy groups -OCH3 is 1. The zero-order chi connectivity index (χ0) is 71.3. The molecule has 0 heterocycles. The van der Waals surface area contributed by atoms with Crippen molar-refractivity contribution >= 4 is 41.8 Å². The lowest BCUT2D eigenvalue weighted by Gasteiger charge is -2.29. The highest BCUT2D eigenvalue weighted by Gasteiger charge is 2.27. The number of nitrogens with one attached hydrogen (secondary N) is 1. The van der Waals surface area contributed by atoms with E-state index in [4.69, 9.17) is 23.7 Å². The van der Waals surface area contributed by atoms with Crippen LogP contribution in [0.25, 0.3) is 0 Å². The molecule has 97 heavy (non-hydrogen) atoms. The first-order chi connectivity index (χ1) is 47.2. The van der Waals surface area contributed by atoms with E-state index in [-0.39, 0.29) is 75.0 Å². The highest BCUT2D eigenvalue weighted by molar-refractivity contribution is 5.75. The molecular formula is C80H145N3O14. The van der Waals surface area contributed by atoms with Gasteiger partial charge in [-0.1, -0.05) is 295 Å². The van der Waals surface area contributed by atoms with E-state index in [1.165, 1.54) is 193 Å². The van der Waals surface area contributed by atoms with Crippen molar-refractivity contribution in [1.82, 2.24) is 15.1 Å². The summed E-state index contributed by atoms with van der Waals surface area (Å²) < 4.78 is 26.7. The van der Waals surface area contributed by atoms with Gasteiger partial charge in [0.2, 0.25) is 0 Å². The number of aryl methyl sites for hydroxylation is 1. The van der Waals surface area contributed by atoms with Crippen LogP contribution in [0.3, 0.4) is 0 Å². The molecule has 1 aromatic carbocycles. The minimum atomic E-state index is -1.01. The number of unbranched alkanes of at least 4 members (excludes halogenated alkanes) is 37. The molecule has 0 aliphatic rings. The number of rotatable bonds is 70. The Balaban J connectivity index is 0.00000254. The molecule has 0 aromatic heterocycles. The molecule has 0 aliphatic heterocycles. The Hall–Kier alpha value is -4.61. The van der Waals surface area contributed by atoms with Crippen LogP contribution in [-0.2, 0) is 63.7 Å². The third kappa shape index (κ3) is 62.2. The first-order valence-corrected chi connectivity index (χ1v) is 39.6. The monoisotopic (exact) mass is 1370 g/mol. The molecule has 0 aliphatic carbocycles. The lowest BCUT2D eigenvalue weighted by molar-refractivity contribution is -0.149. The average Bonchev–Trinajstić information content (AvgIpc) is 1.06. The van der Waals surface area contributed by atoms with Crippen LogP contribution in [0.2, 0.25) is 0 Å². The van der Waals surface area contributed by atoms with Crippen LogP contribution in [0.5, 0.6) is 0 Å². The maximum absolute atomic E-state index is 12.8. The van der Waals surface area contributed by atoms with Crippen molar-refractivity contribution in [1.29, 1.82) is 0 Å². The Bertz CT molecular complexity index is 1980. The van der Waals surface area contributed by atoms with E-state index in [2.05, 4.69) is 33.0 Å². The van der Waals surface area contributed by atoms with Gasteiger partial charge < -0.3 is 44.1 Å². The van der Waals surface area contributed by atoms with Crippen LogP contribution in [0.15, 0.2) is 24.3 Å². The van der Waals surface area contributed by atoms with Crippen molar-refractivity contribution in [3.05, 3.63) is 35.4 Å². The van der Waals surface area contributed by atoms with Crippen LogP contribution in [0.4, 0.5) is 0 Å². The van der Waals surface area contributed by atoms with Gasteiger partial charge in [-0.2, -0.15) is 0 Å². The highest BCUT2D eigenvalue weighted by atomic mass is 16.5. The Morgan fingerprint density at radius 3 is 1.00 bits per heavy atom. The topological polar surface area (TPSA) is 225 Å². The number of hydrogen-bond acceptors (Lipinski definition) is 15. The van der Waals surface area contributed by atoms with Gasteiger partial charge in [0.1, 0.15) is 12.1 Å². The van der Waals surface area contributed by atoms with Gasteiger partial charge in [0.05, 0.1) is 65.6 Å². The number of aliphatic carboxylic acids is 2. The summed E-state index contributed by atoms with van der Waals surface area (Å²) in [7, 11) is 1.35. The molecule has 2 unspecified atom stereocenters. The molecule has 17 nitrogen and oxygen atoms in total. The van der Waals surface area contributed by atoms with E-state index in [9.17, 15) is 43.8 Å². The summed E-state index contributed by atoms with van der Waals surface area (Å²) in [6.07, 6.45) is 50.9. The van der Waals surface area contributed by atoms with Gasteiger partial charge in [-0.3, -0.25) is 38.5 Å². The SMILES string of the molecule is CCCCCCCCCCCCOC(=O)CCN(CCCCC(C(=O)O)N(CCC(=O)OCCCCCCCCCCCC)CCC(=O)OCCCCCCCCCCCC)CCC(=O)OC.CCCCCCCCCCCCOC(=O)CCNC(Cc1ccc(C)cc1)C(=O)O. The number of carbonyl (C=O) groups excluding carboxylic acids is 5. The van der Waals surface area contributed by atoms with Gasteiger partial charge in [-0.25, -0.2) is 0 Å². The van der Waals surface area contributed by atoms with Gasteiger partial charge in [0.25, 0.3) is 0 Å². The molecule has 0 radical (unpaired) electrons. The minimum absolute atomic E-state index is 0.0335. The molecule has 17 heteroatoms. The molecule has 2 atom stereocenters. The summed E-state index contributed by atoms with van der Waals surface area (Å²) in [4.78, 5) is 90.1.